The van der Waals surface area contributed by atoms with Crippen LogP contribution in [0.1, 0.15) is 11.4 Å². The van der Waals surface area contributed by atoms with E-state index in [9.17, 15) is 0 Å². The summed E-state index contributed by atoms with van der Waals surface area (Å²) in [4.78, 5) is 13.7. The number of fused-ring (bicyclic) bond motifs is 3. The van der Waals surface area contributed by atoms with Gasteiger partial charge in [0.05, 0.1) is 25.6 Å². The van der Waals surface area contributed by atoms with Gasteiger partial charge in [0, 0.05) is 53.6 Å². The van der Waals surface area contributed by atoms with Crippen molar-refractivity contribution >= 4 is 0 Å². The Morgan fingerprint density at radius 3 is 2.43 bits per heavy atom. The first-order chi connectivity index (χ1) is 14.7. The van der Waals surface area contributed by atoms with Crippen molar-refractivity contribution in [3.05, 3.63) is 66.5 Å². The van der Waals surface area contributed by atoms with E-state index in [2.05, 4.69) is 39.7 Å². The van der Waals surface area contributed by atoms with Crippen molar-refractivity contribution in [2.24, 2.45) is 0 Å². The van der Waals surface area contributed by atoms with Crippen LogP contribution in [0.25, 0.3) is 33.6 Å². The van der Waals surface area contributed by atoms with Crippen LogP contribution < -0.4 is 9.47 Å². The number of methoxy groups -OCH3 is 2. The molecule has 30 heavy (non-hydrogen) atoms. The fourth-order valence-corrected chi connectivity index (χ4v) is 4.15. The summed E-state index contributed by atoms with van der Waals surface area (Å²) in [5.74, 6) is 2.46. The van der Waals surface area contributed by atoms with Crippen LogP contribution in [0.3, 0.4) is 0 Å². The lowest BCUT2D eigenvalue weighted by atomic mass is 9.94. The van der Waals surface area contributed by atoms with Crippen LogP contribution in [0.2, 0.25) is 0 Å². The molecule has 0 unspecified atom stereocenters. The fraction of sp³-hybridized carbons (Fsp3) is 0.208. The van der Waals surface area contributed by atoms with Gasteiger partial charge < -0.3 is 14.0 Å². The highest BCUT2D eigenvalue weighted by molar-refractivity contribution is 5.84. The second-order valence-corrected chi connectivity index (χ2v) is 7.33. The smallest absolute Gasteiger partial charge is 0.161 e. The minimum atomic E-state index is 0.719. The van der Waals surface area contributed by atoms with Crippen LogP contribution in [0.4, 0.5) is 0 Å². The number of hydrogen-bond acceptors (Lipinski definition) is 5. The van der Waals surface area contributed by atoms with E-state index >= 15 is 0 Å². The Morgan fingerprint density at radius 2 is 1.67 bits per heavy atom. The topological polar surface area (TPSA) is 62.1 Å². The molecule has 1 aliphatic rings. The second kappa shape index (κ2) is 7.30. The van der Waals surface area contributed by atoms with Gasteiger partial charge in [0.1, 0.15) is 5.82 Å². The summed E-state index contributed by atoms with van der Waals surface area (Å²) in [5.41, 5.74) is 7.42. The molecule has 0 saturated heterocycles. The highest BCUT2D eigenvalue weighted by Crippen LogP contribution is 2.43. The van der Waals surface area contributed by atoms with Gasteiger partial charge in [-0.1, -0.05) is 6.07 Å². The van der Waals surface area contributed by atoms with E-state index in [1.165, 1.54) is 5.56 Å². The molecule has 0 aliphatic carbocycles. The first kappa shape index (κ1) is 18.4. The van der Waals surface area contributed by atoms with Gasteiger partial charge in [-0.05, 0) is 43.2 Å². The number of benzene rings is 1. The van der Waals surface area contributed by atoms with Gasteiger partial charge >= 0.3 is 0 Å². The molecule has 0 atom stereocenters. The molecular weight excluding hydrogens is 376 g/mol. The quantitative estimate of drug-likeness (QED) is 0.504. The molecular formula is C24H22N4O2. The van der Waals surface area contributed by atoms with Crippen molar-refractivity contribution in [2.75, 3.05) is 14.2 Å². The molecule has 0 amide bonds. The summed E-state index contributed by atoms with van der Waals surface area (Å²) in [6, 6.07) is 10.2. The minimum Gasteiger partial charge on any atom is -0.493 e. The van der Waals surface area contributed by atoms with Crippen molar-refractivity contribution < 1.29 is 9.47 Å². The maximum atomic E-state index is 5.57. The van der Waals surface area contributed by atoms with Crippen LogP contribution in [0, 0.1) is 6.92 Å². The largest absolute Gasteiger partial charge is 0.493 e. The summed E-state index contributed by atoms with van der Waals surface area (Å²) >= 11 is 0. The zero-order chi connectivity index (χ0) is 20.7. The first-order valence-corrected chi connectivity index (χ1v) is 9.88. The lowest BCUT2D eigenvalue weighted by Gasteiger charge is -2.22. The number of aromatic nitrogens is 4. The van der Waals surface area contributed by atoms with Crippen molar-refractivity contribution in [3.8, 4) is 45.1 Å². The van der Waals surface area contributed by atoms with E-state index in [0.717, 1.165) is 63.9 Å². The van der Waals surface area contributed by atoms with E-state index in [1.54, 1.807) is 20.4 Å². The average Bonchev–Trinajstić information content (AvgIpc) is 3.15. The van der Waals surface area contributed by atoms with Crippen LogP contribution in [0.15, 0.2) is 55.1 Å². The first-order valence-electron chi connectivity index (χ1n) is 9.88. The highest BCUT2D eigenvalue weighted by atomic mass is 16.5. The summed E-state index contributed by atoms with van der Waals surface area (Å²) < 4.78 is 13.4. The zero-order valence-electron chi connectivity index (χ0n) is 17.2. The number of rotatable bonds is 4. The molecule has 4 aromatic rings. The summed E-state index contributed by atoms with van der Waals surface area (Å²) in [5, 5.41) is 0. The van der Waals surface area contributed by atoms with E-state index < -0.39 is 0 Å². The molecule has 1 aromatic carbocycles. The molecule has 4 heterocycles. The predicted octanol–water partition coefficient (Wildman–Crippen LogP) is 4.56. The predicted molar refractivity (Wildman–Crippen MR) is 116 cm³/mol. The van der Waals surface area contributed by atoms with E-state index in [4.69, 9.17) is 14.5 Å². The molecule has 0 bridgehead atoms. The maximum Gasteiger partial charge on any atom is 0.161 e. The molecule has 6 heteroatoms. The number of hydrogen-bond donors (Lipinski definition) is 0. The third-order valence-electron chi connectivity index (χ3n) is 5.63. The van der Waals surface area contributed by atoms with Crippen LogP contribution in [-0.4, -0.2) is 33.7 Å². The van der Waals surface area contributed by atoms with Crippen molar-refractivity contribution in [3.63, 3.8) is 0 Å². The van der Waals surface area contributed by atoms with E-state index in [-0.39, 0.29) is 0 Å². The molecule has 0 N–H and O–H groups in total. The van der Waals surface area contributed by atoms with Crippen LogP contribution in [-0.2, 0) is 13.0 Å². The Balaban J connectivity index is 1.69. The van der Waals surface area contributed by atoms with Crippen molar-refractivity contribution in [1.29, 1.82) is 0 Å². The van der Waals surface area contributed by atoms with E-state index in [0.29, 0.717) is 0 Å². The monoisotopic (exact) mass is 398 g/mol. The van der Waals surface area contributed by atoms with Gasteiger partial charge in [0.2, 0.25) is 0 Å². The Kier molecular flexibility index (Phi) is 4.47. The van der Waals surface area contributed by atoms with Gasteiger partial charge in [-0.15, -0.1) is 0 Å². The fourth-order valence-electron chi connectivity index (χ4n) is 4.15. The number of nitrogens with zero attached hydrogens (tertiary/aromatic N) is 4. The molecule has 0 spiro atoms. The number of aryl methyl sites for hydroxylation is 2. The summed E-state index contributed by atoms with van der Waals surface area (Å²) in [7, 11) is 3.33. The van der Waals surface area contributed by atoms with Gasteiger partial charge in [0.15, 0.2) is 11.5 Å². The zero-order valence-corrected chi connectivity index (χ0v) is 17.2. The Morgan fingerprint density at radius 1 is 0.900 bits per heavy atom. The summed E-state index contributed by atoms with van der Waals surface area (Å²) in [6.45, 7) is 2.93. The number of ether oxygens (including phenoxy) is 2. The minimum absolute atomic E-state index is 0.719. The molecule has 6 nitrogen and oxygen atoms in total. The Bertz CT molecular complexity index is 1230. The maximum absolute atomic E-state index is 5.57. The van der Waals surface area contributed by atoms with E-state index in [1.807, 2.05) is 30.7 Å². The molecule has 150 valence electrons. The third-order valence-corrected chi connectivity index (χ3v) is 5.63. The second-order valence-electron chi connectivity index (χ2n) is 7.33. The number of pyridine rings is 2. The normalized spacial score (nSPS) is 12.2. The third kappa shape index (κ3) is 2.92. The Labute approximate surface area is 175 Å². The van der Waals surface area contributed by atoms with Gasteiger partial charge in [0.25, 0.3) is 0 Å². The SMILES string of the molecule is COc1cc2c(cc1OC)-c1c(-c3cncc(-c4cccnc4)c3)nc(C)n1CC2. The lowest BCUT2D eigenvalue weighted by Crippen LogP contribution is -2.12. The van der Waals surface area contributed by atoms with Crippen molar-refractivity contribution in [2.45, 2.75) is 19.9 Å². The van der Waals surface area contributed by atoms with Gasteiger partial charge in [-0.3, -0.25) is 9.97 Å². The average molecular weight is 398 g/mol. The van der Waals surface area contributed by atoms with Gasteiger partial charge in [-0.25, -0.2) is 4.98 Å². The lowest BCUT2D eigenvalue weighted by molar-refractivity contribution is 0.354. The molecule has 3 aromatic heterocycles. The standard InChI is InChI=1S/C24H22N4O2/c1-15-27-23(19-9-18(13-26-14-19)17-5-4-7-25-12-17)24-20-11-22(30-3)21(29-2)10-16(20)6-8-28(15)24/h4-5,7,9-14H,6,8H2,1-3H3. The van der Waals surface area contributed by atoms with Gasteiger partial charge in [-0.2, -0.15) is 0 Å². The molecule has 1 aliphatic heterocycles. The molecule has 5 rings (SSSR count). The molecule has 0 radical (unpaired) electrons. The highest BCUT2D eigenvalue weighted by Gasteiger charge is 2.26. The molecule has 0 saturated carbocycles. The summed E-state index contributed by atoms with van der Waals surface area (Å²) in [6.07, 6.45) is 8.28. The Hall–Kier alpha value is -3.67. The van der Waals surface area contributed by atoms with Crippen molar-refractivity contribution in [1.82, 2.24) is 19.5 Å². The molecule has 0 fully saturated rings. The van der Waals surface area contributed by atoms with Crippen LogP contribution in [0.5, 0.6) is 11.5 Å². The number of imidazole rings is 1. The van der Waals surface area contributed by atoms with Crippen LogP contribution >= 0.6 is 0 Å².